The fraction of sp³-hybridized carbons (Fsp3) is 1.00. The number of nitrogens with zero attached hydrogens (tertiary/aromatic N) is 1. The lowest BCUT2D eigenvalue weighted by atomic mass is 9.68. The summed E-state index contributed by atoms with van der Waals surface area (Å²) in [6, 6.07) is 0. The van der Waals surface area contributed by atoms with Gasteiger partial charge in [0.2, 0.25) is 0 Å². The van der Waals surface area contributed by atoms with Crippen LogP contribution in [0.2, 0.25) is 0 Å². The summed E-state index contributed by atoms with van der Waals surface area (Å²) < 4.78 is 23.6. The van der Waals surface area contributed by atoms with E-state index in [1.165, 1.54) is 0 Å². The second-order valence-electron chi connectivity index (χ2n) is 6.15. The summed E-state index contributed by atoms with van der Waals surface area (Å²) in [6.07, 6.45) is 2.71. The highest BCUT2D eigenvalue weighted by atomic mass is 32.2. The number of likely N-dealkylation sites (tertiary alicyclic amines) is 1. The van der Waals surface area contributed by atoms with Crippen molar-refractivity contribution in [2.45, 2.75) is 38.2 Å². The molecule has 112 valence electrons. The van der Waals surface area contributed by atoms with Crippen LogP contribution in [0.4, 0.5) is 0 Å². The average Bonchev–Trinajstić information content (AvgIpc) is 2.57. The van der Waals surface area contributed by atoms with E-state index >= 15 is 0 Å². The first-order valence-corrected chi connectivity index (χ1v) is 9.04. The summed E-state index contributed by atoms with van der Waals surface area (Å²) in [5.41, 5.74) is 4.34. The maximum atomic E-state index is 11.8. The highest BCUT2D eigenvalue weighted by Gasteiger charge is 2.55. The maximum absolute atomic E-state index is 11.8. The zero-order valence-electron chi connectivity index (χ0n) is 11.8. The molecule has 2 aliphatic rings. The quantitative estimate of drug-likeness (QED) is 0.763. The fourth-order valence-corrected chi connectivity index (χ4v) is 5.87. The third-order valence-electron chi connectivity index (χ3n) is 5.12. The number of nitrogens with two attached hydrogens (primary N) is 1. The number of hydrogen-bond donors (Lipinski definition) is 2. The van der Waals surface area contributed by atoms with Crippen molar-refractivity contribution >= 4 is 9.84 Å². The Morgan fingerprint density at radius 2 is 2.00 bits per heavy atom. The van der Waals surface area contributed by atoms with Crippen molar-refractivity contribution in [3.63, 3.8) is 0 Å². The van der Waals surface area contributed by atoms with Crippen LogP contribution in [0.1, 0.15) is 32.6 Å². The predicted octanol–water partition coefficient (Wildman–Crippen LogP) is -0.0131. The van der Waals surface area contributed by atoms with Gasteiger partial charge in [-0.05, 0) is 38.8 Å². The second-order valence-corrected chi connectivity index (χ2v) is 8.33. The molecule has 2 atom stereocenters. The highest BCUT2D eigenvalue weighted by Crippen LogP contribution is 2.46. The molecule has 0 aromatic rings. The van der Waals surface area contributed by atoms with Crippen molar-refractivity contribution in [3.8, 4) is 0 Å². The Hall–Kier alpha value is -0.170. The van der Waals surface area contributed by atoms with Gasteiger partial charge in [0.15, 0.2) is 9.84 Å². The van der Waals surface area contributed by atoms with Crippen molar-refractivity contribution in [1.82, 2.24) is 4.90 Å². The van der Waals surface area contributed by atoms with E-state index in [4.69, 9.17) is 5.73 Å². The number of hydrogen-bond acceptors (Lipinski definition) is 5. The first kappa shape index (κ1) is 15.2. The van der Waals surface area contributed by atoms with Gasteiger partial charge in [0.1, 0.15) is 0 Å². The molecule has 0 amide bonds. The molecule has 0 aliphatic carbocycles. The fourth-order valence-electron chi connectivity index (χ4n) is 3.66. The minimum atomic E-state index is -3.04. The van der Waals surface area contributed by atoms with Gasteiger partial charge in [-0.1, -0.05) is 6.92 Å². The molecule has 0 aromatic carbocycles. The van der Waals surface area contributed by atoms with E-state index in [1.54, 1.807) is 0 Å². The van der Waals surface area contributed by atoms with Crippen LogP contribution in [0.5, 0.6) is 0 Å². The van der Waals surface area contributed by atoms with Crippen molar-refractivity contribution in [1.29, 1.82) is 0 Å². The van der Waals surface area contributed by atoms with Gasteiger partial charge in [0.05, 0.1) is 17.1 Å². The summed E-state index contributed by atoms with van der Waals surface area (Å²) >= 11 is 0. The molecule has 2 unspecified atom stereocenters. The van der Waals surface area contributed by atoms with Crippen molar-refractivity contribution < 1.29 is 13.5 Å². The van der Waals surface area contributed by atoms with Gasteiger partial charge in [-0.3, -0.25) is 0 Å². The Kier molecular flexibility index (Phi) is 4.26. The number of sulfone groups is 1. The lowest BCUT2D eigenvalue weighted by molar-refractivity contribution is -0.0783. The molecule has 5 nitrogen and oxygen atoms in total. The smallest absolute Gasteiger partial charge is 0.151 e. The first-order valence-electron chi connectivity index (χ1n) is 7.22. The van der Waals surface area contributed by atoms with Crippen LogP contribution < -0.4 is 5.73 Å². The molecule has 0 spiro atoms. The second kappa shape index (κ2) is 5.31. The van der Waals surface area contributed by atoms with E-state index in [-0.39, 0.29) is 18.1 Å². The van der Waals surface area contributed by atoms with Crippen LogP contribution in [0, 0.1) is 5.41 Å². The summed E-state index contributed by atoms with van der Waals surface area (Å²) in [4.78, 5) is 2.31. The molecular weight excluding hydrogens is 264 g/mol. The topological polar surface area (TPSA) is 83.6 Å². The normalized spacial score (nSPS) is 40.2. The summed E-state index contributed by atoms with van der Waals surface area (Å²) in [5.74, 6) is 0.225. The van der Waals surface area contributed by atoms with Gasteiger partial charge in [-0.25, -0.2) is 8.42 Å². The average molecular weight is 290 g/mol. The van der Waals surface area contributed by atoms with Crippen LogP contribution in [0.3, 0.4) is 0 Å². The molecule has 2 aliphatic heterocycles. The van der Waals surface area contributed by atoms with E-state index in [0.717, 1.165) is 26.1 Å². The minimum absolute atomic E-state index is 0.0547. The highest BCUT2D eigenvalue weighted by molar-refractivity contribution is 7.91. The van der Waals surface area contributed by atoms with Crippen molar-refractivity contribution in [2.24, 2.45) is 11.1 Å². The molecule has 2 fully saturated rings. The predicted molar refractivity (Wildman–Crippen MR) is 75.7 cm³/mol. The van der Waals surface area contributed by atoms with Gasteiger partial charge < -0.3 is 15.7 Å². The molecular formula is C13H26N2O3S. The molecule has 2 heterocycles. The SMILES string of the molecule is CCN1CCCC(O)(C2(CN)CCS(=O)(=O)C2)CC1. The molecule has 0 saturated carbocycles. The van der Waals surface area contributed by atoms with Gasteiger partial charge in [-0.2, -0.15) is 0 Å². The zero-order valence-corrected chi connectivity index (χ0v) is 12.6. The van der Waals surface area contributed by atoms with E-state index in [2.05, 4.69) is 11.8 Å². The van der Waals surface area contributed by atoms with Gasteiger partial charge in [0, 0.05) is 18.5 Å². The van der Waals surface area contributed by atoms with E-state index in [1.807, 2.05) is 0 Å². The maximum Gasteiger partial charge on any atom is 0.151 e. The summed E-state index contributed by atoms with van der Waals surface area (Å²) in [5, 5.41) is 11.1. The monoisotopic (exact) mass is 290 g/mol. The van der Waals surface area contributed by atoms with Gasteiger partial charge >= 0.3 is 0 Å². The minimum Gasteiger partial charge on any atom is -0.389 e. The number of rotatable bonds is 3. The lowest BCUT2D eigenvalue weighted by Crippen LogP contribution is -2.54. The van der Waals surface area contributed by atoms with Crippen LogP contribution in [0.15, 0.2) is 0 Å². The lowest BCUT2D eigenvalue weighted by Gasteiger charge is -2.43. The van der Waals surface area contributed by atoms with Crippen LogP contribution >= 0.6 is 0 Å². The summed E-state index contributed by atoms with van der Waals surface area (Å²) in [7, 11) is -3.04. The Morgan fingerprint density at radius 3 is 2.53 bits per heavy atom. The van der Waals surface area contributed by atoms with E-state index in [0.29, 0.717) is 19.3 Å². The Morgan fingerprint density at radius 1 is 1.26 bits per heavy atom. The van der Waals surface area contributed by atoms with Gasteiger partial charge in [0.25, 0.3) is 0 Å². The standard InChI is InChI=1S/C13H26N2O3S/c1-2-15-7-3-4-13(16,5-8-15)12(10-14)6-9-19(17,18)11-12/h16H,2-11,14H2,1H3. The Balaban J connectivity index is 2.22. The molecule has 0 aromatic heterocycles. The van der Waals surface area contributed by atoms with Crippen LogP contribution in [-0.4, -0.2) is 61.7 Å². The third-order valence-corrected chi connectivity index (χ3v) is 6.94. The largest absolute Gasteiger partial charge is 0.389 e. The third kappa shape index (κ3) is 2.82. The van der Waals surface area contributed by atoms with Crippen molar-refractivity contribution in [2.75, 3.05) is 37.7 Å². The first-order chi connectivity index (χ1) is 8.86. The molecule has 0 bridgehead atoms. The Labute approximate surface area is 116 Å². The van der Waals surface area contributed by atoms with Gasteiger partial charge in [-0.15, -0.1) is 0 Å². The molecule has 3 N–H and O–H groups in total. The molecule has 0 radical (unpaired) electrons. The van der Waals surface area contributed by atoms with Crippen LogP contribution in [0.25, 0.3) is 0 Å². The molecule has 19 heavy (non-hydrogen) atoms. The van der Waals surface area contributed by atoms with Crippen molar-refractivity contribution in [3.05, 3.63) is 0 Å². The zero-order chi connectivity index (χ0) is 14.1. The molecule has 6 heteroatoms. The van der Waals surface area contributed by atoms with E-state index in [9.17, 15) is 13.5 Å². The summed E-state index contributed by atoms with van der Waals surface area (Å²) in [6.45, 7) is 5.16. The number of aliphatic hydroxyl groups is 1. The van der Waals surface area contributed by atoms with E-state index < -0.39 is 20.9 Å². The van der Waals surface area contributed by atoms with Crippen LogP contribution in [-0.2, 0) is 9.84 Å². The Bertz CT molecular complexity index is 426. The molecule has 2 rings (SSSR count). The molecule has 2 saturated heterocycles.